The number of likely N-dealkylation sites (tertiary alicyclic amines) is 1. The SMILES string of the molecule is Cn1nc(C(=O)N2CCC(CNC[C@@H](O)c3ccc(O)c4[nH]c(=O)ccc34)CC2)cc1COc1cccc(C(c2ccccc2)N(C(=O)O)C2CN3CCC2CC3)c1. The van der Waals surface area contributed by atoms with Crippen LogP contribution in [0.1, 0.15) is 70.7 Å². The minimum Gasteiger partial charge on any atom is -0.506 e. The number of aromatic nitrogens is 3. The molecule has 0 radical (unpaired) electrons. The first-order chi connectivity index (χ1) is 28.1. The second-order valence-electron chi connectivity index (χ2n) is 15.9. The van der Waals surface area contributed by atoms with Crippen LogP contribution in [0.15, 0.2) is 89.7 Å². The Morgan fingerprint density at radius 2 is 1.71 bits per heavy atom. The molecule has 304 valence electrons. The molecule has 0 spiro atoms. The molecule has 0 aliphatic carbocycles. The first-order valence-electron chi connectivity index (χ1n) is 20.2. The monoisotopic (exact) mass is 789 g/mol. The number of nitrogens with one attached hydrogen (secondary N) is 2. The van der Waals surface area contributed by atoms with E-state index < -0.39 is 18.2 Å². The summed E-state index contributed by atoms with van der Waals surface area (Å²) in [6.07, 6.45) is 1.86. The highest BCUT2D eigenvalue weighted by molar-refractivity contribution is 5.92. The number of phenols is 1. The average molecular weight is 790 g/mol. The van der Waals surface area contributed by atoms with E-state index in [-0.39, 0.29) is 29.9 Å². The Bertz CT molecular complexity index is 2300. The second-order valence-corrected chi connectivity index (χ2v) is 15.9. The summed E-state index contributed by atoms with van der Waals surface area (Å²) < 4.78 is 7.96. The number of aliphatic hydroxyl groups is 1. The predicted molar refractivity (Wildman–Crippen MR) is 218 cm³/mol. The Morgan fingerprint density at radius 1 is 0.948 bits per heavy atom. The van der Waals surface area contributed by atoms with Crippen LogP contribution in [0.2, 0.25) is 0 Å². The predicted octanol–water partition coefficient (Wildman–Crippen LogP) is 4.89. The van der Waals surface area contributed by atoms with Gasteiger partial charge in [-0.25, -0.2) is 4.79 Å². The molecule has 2 bridgehead atoms. The summed E-state index contributed by atoms with van der Waals surface area (Å²) >= 11 is 0. The fourth-order valence-corrected chi connectivity index (χ4v) is 9.10. The van der Waals surface area contributed by atoms with Crippen LogP contribution in [0, 0.1) is 11.8 Å². The highest BCUT2D eigenvalue weighted by Crippen LogP contribution is 2.39. The number of carbonyl (C=O) groups is 2. The average Bonchev–Trinajstić information content (AvgIpc) is 3.62. The number of rotatable bonds is 13. The van der Waals surface area contributed by atoms with Crippen LogP contribution in [0.5, 0.6) is 11.5 Å². The molecule has 6 heterocycles. The summed E-state index contributed by atoms with van der Waals surface area (Å²) in [7, 11) is 1.79. The van der Waals surface area contributed by atoms with Gasteiger partial charge in [0, 0.05) is 44.7 Å². The number of hydrogen-bond acceptors (Lipinski definition) is 9. The molecule has 5 aromatic rings. The van der Waals surface area contributed by atoms with Crippen LogP contribution < -0.4 is 15.6 Å². The number of H-pyrrole nitrogens is 1. The normalized spacial score (nSPS) is 20.5. The summed E-state index contributed by atoms with van der Waals surface area (Å²) in [4.78, 5) is 46.9. The number of benzene rings is 3. The number of carboxylic acid groups (broad SMARTS) is 1. The van der Waals surface area contributed by atoms with Gasteiger partial charge in [-0.1, -0.05) is 48.5 Å². The van der Waals surface area contributed by atoms with Crippen LogP contribution in [0.3, 0.4) is 0 Å². The molecule has 0 saturated carbocycles. The smallest absolute Gasteiger partial charge is 0.408 e. The van der Waals surface area contributed by atoms with Gasteiger partial charge >= 0.3 is 6.09 Å². The Balaban J connectivity index is 0.866. The number of aliphatic hydroxyl groups excluding tert-OH is 1. The molecule has 5 N–H and O–H groups in total. The first kappa shape index (κ1) is 39.1. The number of carbonyl (C=O) groups excluding carboxylic acids is 1. The van der Waals surface area contributed by atoms with Gasteiger partial charge in [0.2, 0.25) is 5.56 Å². The minimum absolute atomic E-state index is 0.0476. The number of nitrogens with zero attached hydrogens (tertiary/aromatic N) is 5. The zero-order valence-corrected chi connectivity index (χ0v) is 32.7. The van der Waals surface area contributed by atoms with Crippen molar-refractivity contribution in [1.82, 2.24) is 34.8 Å². The van der Waals surface area contributed by atoms with E-state index in [0.29, 0.717) is 65.9 Å². The van der Waals surface area contributed by atoms with E-state index in [0.717, 1.165) is 62.1 Å². The van der Waals surface area contributed by atoms with Crippen molar-refractivity contribution in [3.63, 3.8) is 0 Å². The number of phenolic OH excluding ortho intramolecular Hbond substituents is 1. The topological polar surface area (TPSA) is 176 Å². The third-order valence-corrected chi connectivity index (χ3v) is 12.3. The number of piperidine rings is 4. The summed E-state index contributed by atoms with van der Waals surface area (Å²) in [5.74, 6) is 1.08. The molecule has 4 aliphatic rings. The summed E-state index contributed by atoms with van der Waals surface area (Å²) in [6.45, 7) is 5.12. The Morgan fingerprint density at radius 3 is 2.43 bits per heavy atom. The van der Waals surface area contributed by atoms with Crippen molar-refractivity contribution >= 4 is 22.9 Å². The van der Waals surface area contributed by atoms with Gasteiger partial charge in [0.05, 0.1) is 29.4 Å². The zero-order chi connectivity index (χ0) is 40.3. The number of fused-ring (bicyclic) bond motifs is 4. The van der Waals surface area contributed by atoms with E-state index in [1.54, 1.807) is 34.8 Å². The Labute approximate surface area is 336 Å². The fourth-order valence-electron chi connectivity index (χ4n) is 9.10. The molecule has 4 fully saturated rings. The van der Waals surface area contributed by atoms with Gasteiger partial charge in [-0.15, -0.1) is 0 Å². The molecule has 4 saturated heterocycles. The third-order valence-electron chi connectivity index (χ3n) is 12.3. The van der Waals surface area contributed by atoms with E-state index in [1.165, 1.54) is 12.1 Å². The molecule has 14 nitrogen and oxygen atoms in total. The van der Waals surface area contributed by atoms with E-state index in [4.69, 9.17) is 4.74 Å². The number of aryl methyl sites for hydroxylation is 1. The van der Waals surface area contributed by atoms with Crippen LogP contribution in [0.25, 0.3) is 10.9 Å². The maximum atomic E-state index is 13.6. The van der Waals surface area contributed by atoms with Gasteiger partial charge in [-0.05, 0) is 104 Å². The van der Waals surface area contributed by atoms with Crippen LogP contribution in [-0.4, -0.2) is 109 Å². The van der Waals surface area contributed by atoms with E-state index in [9.17, 15) is 29.7 Å². The third kappa shape index (κ3) is 8.31. The van der Waals surface area contributed by atoms with Crippen LogP contribution in [-0.2, 0) is 13.7 Å². The summed E-state index contributed by atoms with van der Waals surface area (Å²) in [5, 5.41) is 40.3. The Kier molecular flexibility index (Phi) is 11.5. The largest absolute Gasteiger partial charge is 0.506 e. The quantitative estimate of drug-likeness (QED) is 0.111. The van der Waals surface area contributed by atoms with E-state index >= 15 is 0 Å². The van der Waals surface area contributed by atoms with Crippen molar-refractivity contribution in [2.24, 2.45) is 18.9 Å². The molecule has 3 atom stereocenters. The molecule has 2 unspecified atom stereocenters. The van der Waals surface area contributed by atoms with E-state index in [2.05, 4.69) is 20.3 Å². The van der Waals surface area contributed by atoms with Gasteiger partial charge < -0.3 is 40.2 Å². The number of amides is 2. The first-order valence-corrected chi connectivity index (χ1v) is 20.2. The standard InChI is InChI=1S/C44H51N7O7/c1-48-32(27-58-33-9-5-8-31(22-33)42(30-6-3-2-4-7-30)51(44(56)57)37-26-49-18-16-29(37)17-19-49)23-36(47-48)43(55)50-20-14-28(15-21-50)24-45-25-39(53)34-10-12-38(52)41-35(34)11-13-40(54)46-41/h2-13,22-23,28-29,37,39,42,45,52-53H,14-21,24-27H2,1H3,(H,46,54)(H,56,57)/t37?,39-,42?/m1/s1. The van der Waals surface area contributed by atoms with Crippen molar-refractivity contribution in [1.29, 1.82) is 0 Å². The van der Waals surface area contributed by atoms with Crippen molar-refractivity contribution in [3.05, 3.63) is 123 Å². The zero-order valence-electron chi connectivity index (χ0n) is 32.7. The van der Waals surface area contributed by atoms with Gasteiger partial charge in [0.25, 0.3) is 5.91 Å². The van der Waals surface area contributed by atoms with Gasteiger partial charge in [0.1, 0.15) is 18.1 Å². The van der Waals surface area contributed by atoms with E-state index in [1.807, 2.05) is 59.5 Å². The highest BCUT2D eigenvalue weighted by atomic mass is 16.5. The lowest BCUT2D eigenvalue weighted by Gasteiger charge is -2.50. The molecule has 14 heteroatoms. The van der Waals surface area contributed by atoms with Gasteiger partial charge in [-0.3, -0.25) is 19.2 Å². The minimum atomic E-state index is -0.927. The molecule has 3 aromatic carbocycles. The number of aromatic hydroxyl groups is 1. The number of pyridine rings is 1. The lowest BCUT2D eigenvalue weighted by molar-refractivity contribution is -0.000815. The van der Waals surface area contributed by atoms with Crippen molar-refractivity contribution < 1.29 is 29.6 Å². The van der Waals surface area contributed by atoms with Crippen molar-refractivity contribution in [2.45, 2.75) is 50.5 Å². The number of ether oxygens (including phenoxy) is 1. The van der Waals surface area contributed by atoms with Crippen molar-refractivity contribution in [2.75, 3.05) is 45.8 Å². The maximum absolute atomic E-state index is 13.6. The van der Waals surface area contributed by atoms with Crippen molar-refractivity contribution in [3.8, 4) is 11.5 Å². The lowest BCUT2D eigenvalue weighted by atomic mass is 9.81. The molecular weight excluding hydrogens is 739 g/mol. The number of hydrogen-bond donors (Lipinski definition) is 5. The van der Waals surface area contributed by atoms with Crippen LogP contribution in [0.4, 0.5) is 4.79 Å². The molecule has 2 aromatic heterocycles. The number of aromatic amines is 1. The fraction of sp³-hybridized carbons (Fsp3) is 0.409. The molecule has 9 rings (SSSR count). The molecule has 2 amide bonds. The molecule has 4 aliphatic heterocycles. The summed E-state index contributed by atoms with van der Waals surface area (Å²) in [5.41, 5.74) is 3.43. The highest BCUT2D eigenvalue weighted by Gasteiger charge is 2.43. The van der Waals surface area contributed by atoms with Crippen LogP contribution >= 0.6 is 0 Å². The van der Waals surface area contributed by atoms with Gasteiger partial charge in [0.15, 0.2) is 5.69 Å². The second kappa shape index (κ2) is 17.0. The molecular formula is C44H51N7O7. The Hall–Kier alpha value is -5.70. The molecule has 58 heavy (non-hydrogen) atoms. The maximum Gasteiger partial charge on any atom is 0.408 e. The summed E-state index contributed by atoms with van der Waals surface area (Å²) in [6, 6.07) is 24.8. The van der Waals surface area contributed by atoms with Gasteiger partial charge in [-0.2, -0.15) is 5.10 Å². The lowest BCUT2D eigenvalue weighted by Crippen LogP contribution is -2.59.